The lowest BCUT2D eigenvalue weighted by Gasteiger charge is -2.37. The zero-order valence-electron chi connectivity index (χ0n) is 11.3. The van der Waals surface area contributed by atoms with Crippen LogP contribution in [0.5, 0.6) is 0 Å². The van der Waals surface area contributed by atoms with Crippen molar-refractivity contribution in [1.29, 1.82) is 0 Å². The lowest BCUT2D eigenvalue weighted by Crippen LogP contribution is -2.46. The van der Waals surface area contributed by atoms with Crippen LogP contribution in [0.15, 0.2) is 12.1 Å². The van der Waals surface area contributed by atoms with Crippen molar-refractivity contribution in [3.8, 4) is 0 Å². The molecule has 112 valence electrons. The van der Waals surface area contributed by atoms with Crippen molar-refractivity contribution in [2.75, 3.05) is 24.7 Å². The maximum atomic E-state index is 12.8. The van der Waals surface area contributed by atoms with Gasteiger partial charge in [-0.1, -0.05) is 13.0 Å². The Morgan fingerprint density at radius 1 is 1.45 bits per heavy atom. The first-order chi connectivity index (χ1) is 9.47. The predicted molar refractivity (Wildman–Crippen MR) is 69.4 cm³/mol. The van der Waals surface area contributed by atoms with E-state index in [9.17, 15) is 13.2 Å². The molecule has 0 aromatic carbocycles. The summed E-state index contributed by atoms with van der Waals surface area (Å²) in [6, 6.07) is 2.42. The Kier molecular flexibility index (Phi) is 4.49. The average molecular weight is 289 g/mol. The van der Waals surface area contributed by atoms with Crippen LogP contribution in [0.2, 0.25) is 0 Å². The highest BCUT2D eigenvalue weighted by Crippen LogP contribution is 2.31. The van der Waals surface area contributed by atoms with Crippen molar-refractivity contribution in [2.45, 2.75) is 32.1 Å². The molecule has 0 amide bonds. The third-order valence-electron chi connectivity index (χ3n) is 3.44. The molecule has 1 aliphatic heterocycles. The molecular formula is C13H18F3N3O. The molecule has 0 radical (unpaired) electrons. The summed E-state index contributed by atoms with van der Waals surface area (Å²) in [5, 5.41) is 0. The number of rotatable bonds is 3. The van der Waals surface area contributed by atoms with Crippen LogP contribution < -0.4 is 10.6 Å². The van der Waals surface area contributed by atoms with Gasteiger partial charge in [-0.05, 0) is 12.5 Å². The zero-order chi connectivity index (χ0) is 14.8. The summed E-state index contributed by atoms with van der Waals surface area (Å²) in [6.45, 7) is 3.65. The van der Waals surface area contributed by atoms with Gasteiger partial charge in [0, 0.05) is 18.7 Å². The molecule has 1 aromatic rings. The molecule has 0 spiro atoms. The van der Waals surface area contributed by atoms with Gasteiger partial charge in [0.1, 0.15) is 11.5 Å². The van der Waals surface area contributed by atoms with Crippen molar-refractivity contribution in [2.24, 2.45) is 5.73 Å². The van der Waals surface area contributed by atoms with Crippen LogP contribution in [0, 0.1) is 0 Å². The standard InChI is InChI=1S/C13H18F3N3O/c1-2-10-8-20-6-5-19(10)12-9(7-17)3-4-11(18-12)13(14,15)16/h3-4,10H,2,5-8,17H2,1H3. The fourth-order valence-electron chi connectivity index (χ4n) is 2.32. The molecule has 0 saturated carbocycles. The fraction of sp³-hybridized carbons (Fsp3) is 0.615. The Bertz CT molecular complexity index is 465. The summed E-state index contributed by atoms with van der Waals surface area (Å²) < 4.78 is 43.8. The van der Waals surface area contributed by atoms with E-state index in [1.807, 2.05) is 11.8 Å². The van der Waals surface area contributed by atoms with E-state index in [1.165, 1.54) is 6.07 Å². The van der Waals surface area contributed by atoms with E-state index < -0.39 is 11.9 Å². The van der Waals surface area contributed by atoms with E-state index in [-0.39, 0.29) is 12.6 Å². The third kappa shape index (κ3) is 3.04. The summed E-state index contributed by atoms with van der Waals surface area (Å²) in [5.41, 5.74) is 5.36. The van der Waals surface area contributed by atoms with Gasteiger partial charge in [-0.15, -0.1) is 0 Å². The molecule has 1 fully saturated rings. The number of anilines is 1. The molecule has 1 aliphatic rings. The minimum absolute atomic E-state index is 0.0324. The molecule has 0 aliphatic carbocycles. The Morgan fingerprint density at radius 3 is 2.80 bits per heavy atom. The van der Waals surface area contributed by atoms with Gasteiger partial charge in [-0.2, -0.15) is 13.2 Å². The number of pyridine rings is 1. The molecule has 4 nitrogen and oxygen atoms in total. The summed E-state index contributed by atoms with van der Waals surface area (Å²) in [4.78, 5) is 5.68. The molecule has 20 heavy (non-hydrogen) atoms. The highest BCUT2D eigenvalue weighted by atomic mass is 19.4. The minimum atomic E-state index is -4.45. The second-order valence-corrected chi connectivity index (χ2v) is 4.71. The van der Waals surface area contributed by atoms with Crippen LogP contribution in [-0.4, -0.2) is 30.8 Å². The lowest BCUT2D eigenvalue weighted by molar-refractivity contribution is -0.141. The quantitative estimate of drug-likeness (QED) is 0.926. The Morgan fingerprint density at radius 2 is 2.20 bits per heavy atom. The van der Waals surface area contributed by atoms with E-state index in [1.54, 1.807) is 0 Å². The minimum Gasteiger partial charge on any atom is -0.377 e. The second-order valence-electron chi connectivity index (χ2n) is 4.71. The first-order valence-electron chi connectivity index (χ1n) is 6.59. The number of ether oxygens (including phenoxy) is 1. The van der Waals surface area contributed by atoms with E-state index in [0.29, 0.717) is 31.1 Å². The van der Waals surface area contributed by atoms with E-state index in [4.69, 9.17) is 10.5 Å². The molecule has 1 atom stereocenters. The summed E-state index contributed by atoms with van der Waals surface area (Å²) in [5.74, 6) is 0.331. The van der Waals surface area contributed by atoms with Crippen LogP contribution in [0.25, 0.3) is 0 Å². The van der Waals surface area contributed by atoms with Crippen LogP contribution in [0.4, 0.5) is 19.0 Å². The van der Waals surface area contributed by atoms with Gasteiger partial charge in [0.2, 0.25) is 0 Å². The average Bonchev–Trinajstić information content (AvgIpc) is 2.45. The number of nitrogens with two attached hydrogens (primary N) is 1. The molecule has 0 bridgehead atoms. The monoisotopic (exact) mass is 289 g/mol. The lowest BCUT2D eigenvalue weighted by atomic mass is 10.1. The SMILES string of the molecule is CCC1COCCN1c1nc(C(F)(F)F)ccc1CN. The first kappa shape index (κ1) is 15.1. The van der Waals surface area contributed by atoms with Gasteiger partial charge in [0.25, 0.3) is 0 Å². The number of aromatic nitrogens is 1. The van der Waals surface area contributed by atoms with Gasteiger partial charge < -0.3 is 15.4 Å². The van der Waals surface area contributed by atoms with Crippen LogP contribution in [0.1, 0.15) is 24.6 Å². The van der Waals surface area contributed by atoms with Crippen LogP contribution in [0.3, 0.4) is 0 Å². The van der Waals surface area contributed by atoms with Gasteiger partial charge >= 0.3 is 6.18 Å². The van der Waals surface area contributed by atoms with Gasteiger partial charge in [0.15, 0.2) is 0 Å². The molecular weight excluding hydrogens is 271 g/mol. The van der Waals surface area contributed by atoms with Crippen molar-refractivity contribution in [3.05, 3.63) is 23.4 Å². The third-order valence-corrected chi connectivity index (χ3v) is 3.44. The number of nitrogens with zero attached hydrogens (tertiary/aromatic N) is 2. The molecule has 2 rings (SSSR count). The Balaban J connectivity index is 2.41. The van der Waals surface area contributed by atoms with E-state index in [2.05, 4.69) is 4.98 Å². The van der Waals surface area contributed by atoms with Crippen LogP contribution in [-0.2, 0) is 17.5 Å². The molecule has 1 saturated heterocycles. The summed E-state index contributed by atoms with van der Waals surface area (Å²) >= 11 is 0. The Labute approximate surface area is 115 Å². The molecule has 2 heterocycles. The molecule has 1 unspecified atom stereocenters. The predicted octanol–water partition coefficient (Wildman–Crippen LogP) is 2.17. The van der Waals surface area contributed by atoms with Gasteiger partial charge in [0.05, 0.1) is 19.3 Å². The number of halogens is 3. The highest BCUT2D eigenvalue weighted by Gasteiger charge is 2.34. The Hall–Kier alpha value is -1.34. The topological polar surface area (TPSA) is 51.4 Å². The fourth-order valence-corrected chi connectivity index (χ4v) is 2.32. The van der Waals surface area contributed by atoms with Crippen molar-refractivity contribution < 1.29 is 17.9 Å². The first-order valence-corrected chi connectivity index (χ1v) is 6.59. The largest absolute Gasteiger partial charge is 0.433 e. The summed E-state index contributed by atoms with van der Waals surface area (Å²) in [6.07, 6.45) is -3.67. The zero-order valence-corrected chi connectivity index (χ0v) is 11.3. The molecule has 7 heteroatoms. The van der Waals surface area contributed by atoms with Crippen molar-refractivity contribution >= 4 is 5.82 Å². The maximum absolute atomic E-state index is 12.8. The van der Waals surface area contributed by atoms with Crippen molar-refractivity contribution in [1.82, 2.24) is 4.98 Å². The maximum Gasteiger partial charge on any atom is 0.433 e. The summed E-state index contributed by atoms with van der Waals surface area (Å²) in [7, 11) is 0. The second kappa shape index (κ2) is 5.97. The van der Waals surface area contributed by atoms with Crippen molar-refractivity contribution in [3.63, 3.8) is 0 Å². The van der Waals surface area contributed by atoms with E-state index in [0.717, 1.165) is 12.5 Å². The number of morpholine rings is 1. The van der Waals surface area contributed by atoms with Gasteiger partial charge in [-0.25, -0.2) is 4.98 Å². The normalized spacial score (nSPS) is 20.2. The highest BCUT2D eigenvalue weighted by molar-refractivity contribution is 5.49. The number of hydrogen-bond acceptors (Lipinski definition) is 4. The number of hydrogen-bond donors (Lipinski definition) is 1. The molecule has 1 aromatic heterocycles. The van der Waals surface area contributed by atoms with E-state index >= 15 is 0 Å². The molecule has 2 N–H and O–H groups in total. The smallest absolute Gasteiger partial charge is 0.377 e. The number of alkyl halides is 3. The van der Waals surface area contributed by atoms with Crippen LogP contribution >= 0.6 is 0 Å². The van der Waals surface area contributed by atoms with Gasteiger partial charge in [-0.3, -0.25) is 0 Å².